The van der Waals surface area contributed by atoms with E-state index in [0.717, 1.165) is 0 Å². The Morgan fingerprint density at radius 3 is 2.83 bits per heavy atom. The molecule has 5 nitrogen and oxygen atoms in total. The summed E-state index contributed by atoms with van der Waals surface area (Å²) in [6, 6.07) is 0.861. The van der Waals surface area contributed by atoms with Gasteiger partial charge in [-0.25, -0.2) is 0 Å². The third-order valence-electron chi connectivity index (χ3n) is 1.95. The fraction of sp³-hybridized carbons (Fsp3) is 0.571. The second kappa shape index (κ2) is 3.32. The summed E-state index contributed by atoms with van der Waals surface area (Å²) in [7, 11) is 0. The Morgan fingerprint density at radius 1 is 1.67 bits per heavy atom. The topological polar surface area (TPSA) is 92.9 Å². The Morgan fingerprint density at radius 2 is 2.33 bits per heavy atom. The van der Waals surface area contributed by atoms with Crippen LogP contribution in [0.25, 0.3) is 0 Å². The minimum Gasteiger partial charge on any atom is -0.323 e. The van der Waals surface area contributed by atoms with Crippen LogP contribution in [0.5, 0.6) is 0 Å². The summed E-state index contributed by atoms with van der Waals surface area (Å²) in [5, 5.41) is 18.9. The Hall–Kier alpha value is -1.41. The van der Waals surface area contributed by atoms with Crippen molar-refractivity contribution in [2.75, 3.05) is 0 Å². The summed E-state index contributed by atoms with van der Waals surface area (Å²) in [5.41, 5.74) is 5.52. The summed E-state index contributed by atoms with van der Waals surface area (Å²) in [5.74, 6) is -0.426. The van der Waals surface area contributed by atoms with Crippen molar-refractivity contribution in [3.05, 3.63) is 22.3 Å². The van der Waals surface area contributed by atoms with Crippen molar-refractivity contribution < 1.29 is 4.92 Å². The molecule has 0 radical (unpaired) electrons. The van der Waals surface area contributed by atoms with Gasteiger partial charge in [0.25, 0.3) is 0 Å². The molecule has 0 aliphatic heterocycles. The first-order valence-electron chi connectivity index (χ1n) is 3.62. The summed E-state index contributed by atoms with van der Waals surface area (Å²) in [6.07, 6.45) is 3.21. The standard InChI is InChI=1S/C7H9N3O2/c8-4-5-3-6(10(11)12)1-2-7(5)9/h1-2,5-7H,3,9H2. The largest absolute Gasteiger partial charge is 0.323 e. The van der Waals surface area contributed by atoms with Crippen molar-refractivity contribution in [3.8, 4) is 6.07 Å². The molecule has 0 aromatic heterocycles. The zero-order valence-corrected chi connectivity index (χ0v) is 6.38. The van der Waals surface area contributed by atoms with Crippen LogP contribution in [-0.4, -0.2) is 17.0 Å². The molecule has 0 heterocycles. The predicted molar refractivity (Wildman–Crippen MR) is 41.6 cm³/mol. The van der Waals surface area contributed by atoms with Gasteiger partial charge >= 0.3 is 0 Å². The Balaban J connectivity index is 2.72. The molecule has 0 spiro atoms. The fourth-order valence-corrected chi connectivity index (χ4v) is 1.18. The Bertz CT molecular complexity index is 256. The Kier molecular flexibility index (Phi) is 2.41. The highest BCUT2D eigenvalue weighted by atomic mass is 16.6. The Labute approximate surface area is 69.6 Å². The van der Waals surface area contributed by atoms with Gasteiger partial charge in [0.05, 0.1) is 12.0 Å². The second-order valence-electron chi connectivity index (χ2n) is 2.79. The van der Waals surface area contributed by atoms with Crippen LogP contribution in [0.2, 0.25) is 0 Å². The molecule has 1 aliphatic carbocycles. The van der Waals surface area contributed by atoms with Gasteiger partial charge in [-0.3, -0.25) is 10.1 Å². The van der Waals surface area contributed by atoms with Gasteiger partial charge in [-0.2, -0.15) is 5.26 Å². The number of nitriles is 1. The predicted octanol–water partition coefficient (Wildman–Crippen LogP) is 0.0587. The molecule has 3 atom stereocenters. The van der Waals surface area contributed by atoms with Gasteiger partial charge in [-0.05, 0) is 6.08 Å². The highest BCUT2D eigenvalue weighted by molar-refractivity contribution is 5.10. The van der Waals surface area contributed by atoms with E-state index in [1.165, 1.54) is 12.2 Å². The normalized spacial score (nSPS) is 34.2. The molecule has 5 heteroatoms. The number of hydrogen-bond acceptors (Lipinski definition) is 4. The van der Waals surface area contributed by atoms with E-state index in [2.05, 4.69) is 0 Å². The third-order valence-corrected chi connectivity index (χ3v) is 1.95. The molecule has 0 saturated carbocycles. The van der Waals surface area contributed by atoms with Crippen LogP contribution in [0.3, 0.4) is 0 Å². The lowest BCUT2D eigenvalue weighted by molar-refractivity contribution is -0.511. The molecule has 2 N–H and O–H groups in total. The fourth-order valence-electron chi connectivity index (χ4n) is 1.18. The van der Waals surface area contributed by atoms with Crippen molar-refractivity contribution in [1.82, 2.24) is 0 Å². The minimum absolute atomic E-state index is 0.223. The molecule has 64 valence electrons. The molecule has 1 rings (SSSR count). The first kappa shape index (κ1) is 8.68. The maximum atomic E-state index is 10.3. The quantitative estimate of drug-likeness (QED) is 0.339. The average molecular weight is 167 g/mol. The van der Waals surface area contributed by atoms with Gasteiger partial charge in [0.15, 0.2) is 0 Å². The molecular weight excluding hydrogens is 158 g/mol. The van der Waals surface area contributed by atoms with Crippen molar-refractivity contribution in [2.45, 2.75) is 18.5 Å². The summed E-state index contributed by atoms with van der Waals surface area (Å²) in [6.45, 7) is 0. The van der Waals surface area contributed by atoms with Crippen LogP contribution in [0, 0.1) is 27.4 Å². The monoisotopic (exact) mass is 167 g/mol. The van der Waals surface area contributed by atoms with Gasteiger partial charge in [-0.15, -0.1) is 0 Å². The van der Waals surface area contributed by atoms with Gasteiger partial charge < -0.3 is 5.73 Å². The van der Waals surface area contributed by atoms with Gasteiger partial charge in [0.2, 0.25) is 6.04 Å². The van der Waals surface area contributed by atoms with E-state index >= 15 is 0 Å². The molecule has 0 aromatic rings. The maximum absolute atomic E-state index is 10.3. The number of nitrogens with two attached hydrogens (primary N) is 1. The van der Waals surface area contributed by atoms with E-state index in [0.29, 0.717) is 0 Å². The van der Waals surface area contributed by atoms with Crippen LogP contribution < -0.4 is 5.73 Å². The molecule has 12 heavy (non-hydrogen) atoms. The molecule has 0 amide bonds. The lowest BCUT2D eigenvalue weighted by atomic mass is 9.89. The molecule has 0 saturated heterocycles. The third kappa shape index (κ3) is 1.60. The van der Waals surface area contributed by atoms with Crippen LogP contribution >= 0.6 is 0 Å². The molecule has 3 unspecified atom stereocenters. The zero-order chi connectivity index (χ0) is 9.14. The summed E-state index contributed by atoms with van der Waals surface area (Å²) in [4.78, 5) is 9.93. The average Bonchev–Trinajstić information content (AvgIpc) is 2.05. The highest BCUT2D eigenvalue weighted by Gasteiger charge is 2.29. The van der Waals surface area contributed by atoms with Crippen molar-refractivity contribution in [3.63, 3.8) is 0 Å². The molecular formula is C7H9N3O2. The summed E-state index contributed by atoms with van der Waals surface area (Å²) < 4.78 is 0. The van der Waals surface area contributed by atoms with E-state index < -0.39 is 16.9 Å². The molecule has 0 bridgehead atoms. The van der Waals surface area contributed by atoms with Crippen LogP contribution in [0.15, 0.2) is 12.2 Å². The van der Waals surface area contributed by atoms with E-state index in [1.807, 2.05) is 6.07 Å². The number of rotatable bonds is 1. The highest BCUT2D eigenvalue weighted by Crippen LogP contribution is 2.18. The van der Waals surface area contributed by atoms with E-state index in [-0.39, 0.29) is 12.5 Å². The van der Waals surface area contributed by atoms with Crippen LogP contribution in [-0.2, 0) is 0 Å². The number of nitro groups is 1. The summed E-state index contributed by atoms with van der Waals surface area (Å²) >= 11 is 0. The van der Waals surface area contributed by atoms with Gasteiger partial charge in [0.1, 0.15) is 0 Å². The minimum atomic E-state index is -0.741. The van der Waals surface area contributed by atoms with Crippen molar-refractivity contribution >= 4 is 0 Å². The van der Waals surface area contributed by atoms with Gasteiger partial charge in [-0.1, -0.05) is 6.08 Å². The van der Waals surface area contributed by atoms with Crippen LogP contribution in [0.1, 0.15) is 6.42 Å². The maximum Gasteiger partial charge on any atom is 0.232 e. The molecule has 0 aromatic carbocycles. The molecule has 1 aliphatic rings. The lowest BCUT2D eigenvalue weighted by Gasteiger charge is -2.19. The first-order chi connectivity index (χ1) is 5.65. The van der Waals surface area contributed by atoms with Crippen molar-refractivity contribution in [1.29, 1.82) is 5.26 Å². The van der Waals surface area contributed by atoms with E-state index in [9.17, 15) is 10.1 Å². The second-order valence-corrected chi connectivity index (χ2v) is 2.79. The lowest BCUT2D eigenvalue weighted by Crippen LogP contribution is -2.35. The SMILES string of the molecule is N#CC1CC([N+](=O)[O-])C=CC1N. The zero-order valence-electron chi connectivity index (χ0n) is 6.38. The van der Waals surface area contributed by atoms with Crippen molar-refractivity contribution in [2.24, 2.45) is 11.7 Å². The van der Waals surface area contributed by atoms with E-state index in [4.69, 9.17) is 11.0 Å². The number of nitrogens with zero attached hydrogens (tertiary/aromatic N) is 2. The smallest absolute Gasteiger partial charge is 0.232 e. The first-order valence-corrected chi connectivity index (χ1v) is 3.62. The van der Waals surface area contributed by atoms with E-state index in [1.54, 1.807) is 0 Å². The molecule has 0 fully saturated rings. The number of hydrogen-bond donors (Lipinski definition) is 1. The van der Waals surface area contributed by atoms with Gasteiger partial charge in [0, 0.05) is 17.4 Å². The van der Waals surface area contributed by atoms with Crippen LogP contribution in [0.4, 0.5) is 0 Å².